The van der Waals surface area contributed by atoms with Crippen molar-refractivity contribution in [1.29, 1.82) is 0 Å². The summed E-state index contributed by atoms with van der Waals surface area (Å²) in [6.45, 7) is 1.72. The molecule has 1 heterocycles. The number of amides is 2. The number of nitro groups is 1. The van der Waals surface area contributed by atoms with Crippen LogP contribution in [0.15, 0.2) is 48.5 Å². The van der Waals surface area contributed by atoms with Crippen molar-refractivity contribution in [2.24, 2.45) is 0 Å². The van der Waals surface area contributed by atoms with Gasteiger partial charge in [-0.05, 0) is 25.1 Å². The molecule has 0 bridgehead atoms. The van der Waals surface area contributed by atoms with Crippen molar-refractivity contribution in [2.75, 3.05) is 0 Å². The number of benzene rings is 2. The third-order valence-electron chi connectivity index (χ3n) is 3.93. The number of hydrogen-bond acceptors (Lipinski definition) is 5. The molecule has 3 N–H and O–H groups in total. The second kappa shape index (κ2) is 7.65. The topological polar surface area (TPSA) is 130 Å². The Kier molecular flexibility index (Phi) is 5.11. The van der Waals surface area contributed by atoms with Crippen LogP contribution in [0, 0.1) is 10.1 Å². The van der Waals surface area contributed by atoms with Crippen molar-refractivity contribution in [3.05, 3.63) is 70.0 Å². The average Bonchev–Trinajstić information content (AvgIpc) is 3.09. The molecule has 0 saturated carbocycles. The molecule has 2 amide bonds. The summed E-state index contributed by atoms with van der Waals surface area (Å²) >= 11 is 0. The molecule has 9 nitrogen and oxygen atoms in total. The van der Waals surface area contributed by atoms with E-state index in [4.69, 9.17) is 0 Å². The first-order valence-corrected chi connectivity index (χ1v) is 8.20. The Morgan fingerprint density at radius 1 is 1.22 bits per heavy atom. The first-order valence-electron chi connectivity index (χ1n) is 8.20. The zero-order chi connectivity index (χ0) is 19.4. The van der Waals surface area contributed by atoms with E-state index in [1.807, 2.05) is 24.3 Å². The fraction of sp³-hybridized carbons (Fsp3) is 0.167. The molecule has 0 fully saturated rings. The van der Waals surface area contributed by atoms with Crippen LogP contribution in [-0.2, 0) is 11.3 Å². The Hall–Kier alpha value is -3.75. The number of para-hydroxylation sites is 2. The summed E-state index contributed by atoms with van der Waals surface area (Å²) in [6, 6.07) is 12.0. The van der Waals surface area contributed by atoms with Gasteiger partial charge in [-0.1, -0.05) is 18.2 Å². The maximum absolute atomic E-state index is 12.2. The third-order valence-corrected chi connectivity index (χ3v) is 3.93. The van der Waals surface area contributed by atoms with E-state index in [1.54, 1.807) is 0 Å². The smallest absolute Gasteiger partial charge is 0.270 e. The molecule has 0 spiro atoms. The van der Waals surface area contributed by atoms with Crippen LogP contribution in [-0.4, -0.2) is 32.7 Å². The molecule has 138 valence electrons. The van der Waals surface area contributed by atoms with Crippen molar-refractivity contribution >= 4 is 28.5 Å². The predicted molar refractivity (Wildman–Crippen MR) is 98.0 cm³/mol. The van der Waals surface area contributed by atoms with Crippen molar-refractivity contribution in [3.8, 4) is 0 Å². The van der Waals surface area contributed by atoms with Crippen LogP contribution >= 0.6 is 0 Å². The molecular weight excluding hydrogens is 350 g/mol. The van der Waals surface area contributed by atoms with Gasteiger partial charge in [-0.15, -0.1) is 0 Å². The minimum Gasteiger partial charge on any atom is -0.347 e. The minimum absolute atomic E-state index is 0.112. The highest BCUT2D eigenvalue weighted by Gasteiger charge is 2.18. The van der Waals surface area contributed by atoms with Crippen LogP contribution in [0.4, 0.5) is 5.69 Å². The van der Waals surface area contributed by atoms with E-state index in [0.717, 1.165) is 17.1 Å². The number of non-ortho nitro benzene ring substituents is 1. The quantitative estimate of drug-likeness (QED) is 0.452. The maximum atomic E-state index is 12.2. The molecular formula is C18H17N5O4. The van der Waals surface area contributed by atoms with E-state index < -0.39 is 22.8 Å². The summed E-state index contributed by atoms with van der Waals surface area (Å²) < 4.78 is 0. The van der Waals surface area contributed by atoms with E-state index in [0.29, 0.717) is 5.82 Å². The molecule has 0 aliphatic rings. The molecule has 0 radical (unpaired) electrons. The largest absolute Gasteiger partial charge is 0.347 e. The van der Waals surface area contributed by atoms with E-state index in [-0.39, 0.29) is 17.8 Å². The highest BCUT2D eigenvalue weighted by molar-refractivity contribution is 5.97. The van der Waals surface area contributed by atoms with Gasteiger partial charge in [-0.2, -0.15) is 0 Å². The van der Waals surface area contributed by atoms with Crippen LogP contribution < -0.4 is 10.6 Å². The lowest BCUT2D eigenvalue weighted by molar-refractivity contribution is -0.384. The fourth-order valence-electron chi connectivity index (χ4n) is 2.52. The number of fused-ring (bicyclic) bond motifs is 1. The monoisotopic (exact) mass is 367 g/mol. The number of H-pyrrole nitrogens is 1. The van der Waals surface area contributed by atoms with Gasteiger partial charge in [0, 0.05) is 17.7 Å². The van der Waals surface area contributed by atoms with Crippen molar-refractivity contribution in [2.45, 2.75) is 19.5 Å². The summed E-state index contributed by atoms with van der Waals surface area (Å²) in [5.74, 6) is -0.360. The van der Waals surface area contributed by atoms with Gasteiger partial charge in [0.05, 0.1) is 22.5 Å². The van der Waals surface area contributed by atoms with Crippen molar-refractivity contribution < 1.29 is 14.5 Å². The number of aromatic nitrogens is 2. The summed E-state index contributed by atoms with van der Waals surface area (Å²) in [7, 11) is 0. The first kappa shape index (κ1) is 18.1. The second-order valence-corrected chi connectivity index (χ2v) is 5.92. The van der Waals surface area contributed by atoms with Crippen LogP contribution in [0.5, 0.6) is 0 Å². The van der Waals surface area contributed by atoms with Crippen molar-refractivity contribution in [1.82, 2.24) is 20.6 Å². The molecule has 1 aromatic heterocycles. The number of carbonyl (C=O) groups is 2. The number of aromatic amines is 1. The lowest BCUT2D eigenvalue weighted by Crippen LogP contribution is -2.44. The van der Waals surface area contributed by atoms with Gasteiger partial charge in [-0.3, -0.25) is 19.7 Å². The van der Waals surface area contributed by atoms with Gasteiger partial charge >= 0.3 is 0 Å². The molecule has 1 unspecified atom stereocenters. The highest BCUT2D eigenvalue weighted by atomic mass is 16.6. The number of carbonyl (C=O) groups excluding carboxylic acids is 2. The summed E-state index contributed by atoms with van der Waals surface area (Å²) in [5, 5.41) is 16.0. The van der Waals surface area contributed by atoms with Crippen LogP contribution in [0.3, 0.4) is 0 Å². The molecule has 1 atom stereocenters. The number of rotatable bonds is 6. The normalized spacial score (nSPS) is 11.7. The van der Waals surface area contributed by atoms with Gasteiger partial charge in [-0.25, -0.2) is 4.98 Å². The molecule has 3 aromatic rings. The van der Waals surface area contributed by atoms with Gasteiger partial charge in [0.2, 0.25) is 5.91 Å². The lowest BCUT2D eigenvalue weighted by atomic mass is 10.1. The molecule has 2 aromatic carbocycles. The summed E-state index contributed by atoms with van der Waals surface area (Å²) in [6.07, 6.45) is 0. The fourth-order valence-corrected chi connectivity index (χ4v) is 2.52. The lowest BCUT2D eigenvalue weighted by Gasteiger charge is -2.13. The van der Waals surface area contributed by atoms with Crippen LogP contribution in [0.2, 0.25) is 0 Å². The number of nitrogens with zero attached hydrogens (tertiary/aromatic N) is 2. The van der Waals surface area contributed by atoms with E-state index >= 15 is 0 Å². The molecule has 9 heteroatoms. The van der Waals surface area contributed by atoms with E-state index in [9.17, 15) is 19.7 Å². The number of hydrogen-bond donors (Lipinski definition) is 3. The molecule has 0 aliphatic heterocycles. The van der Waals surface area contributed by atoms with Crippen LogP contribution in [0.1, 0.15) is 23.1 Å². The Bertz CT molecular complexity index is 981. The van der Waals surface area contributed by atoms with Crippen molar-refractivity contribution in [3.63, 3.8) is 0 Å². The molecule has 0 aliphatic carbocycles. The standard InChI is InChI=1S/C18H17N5O4/c1-11(20-18(25)12-5-4-6-13(9-12)23(26)27)17(24)19-10-16-21-14-7-2-3-8-15(14)22-16/h2-9,11H,10H2,1H3,(H,19,24)(H,20,25)(H,21,22). The molecule has 0 saturated heterocycles. The summed E-state index contributed by atoms with van der Waals surface area (Å²) in [4.78, 5) is 42.1. The zero-order valence-corrected chi connectivity index (χ0v) is 14.4. The number of nitro benzene ring substituents is 1. The first-order chi connectivity index (χ1) is 12.9. The number of imidazole rings is 1. The summed E-state index contributed by atoms with van der Waals surface area (Å²) in [5.41, 5.74) is 1.59. The number of nitrogens with one attached hydrogen (secondary N) is 3. The van der Waals surface area contributed by atoms with Gasteiger partial charge in [0.25, 0.3) is 11.6 Å². The average molecular weight is 367 g/mol. The minimum atomic E-state index is -0.818. The Labute approximate surface area is 153 Å². The van der Waals surface area contributed by atoms with E-state index in [2.05, 4.69) is 20.6 Å². The van der Waals surface area contributed by atoms with Gasteiger partial charge in [0.1, 0.15) is 11.9 Å². The third kappa shape index (κ3) is 4.27. The molecule has 3 rings (SSSR count). The van der Waals surface area contributed by atoms with Gasteiger partial charge < -0.3 is 15.6 Å². The predicted octanol–water partition coefficient (Wildman–Crippen LogP) is 1.91. The molecule has 27 heavy (non-hydrogen) atoms. The zero-order valence-electron chi connectivity index (χ0n) is 14.4. The highest BCUT2D eigenvalue weighted by Crippen LogP contribution is 2.13. The maximum Gasteiger partial charge on any atom is 0.270 e. The SMILES string of the molecule is CC(NC(=O)c1cccc([N+](=O)[O-])c1)C(=O)NCc1nc2ccccc2[nH]1. The Balaban J connectivity index is 1.57. The van der Waals surface area contributed by atoms with Crippen LogP contribution in [0.25, 0.3) is 11.0 Å². The Morgan fingerprint density at radius 2 is 2.00 bits per heavy atom. The Morgan fingerprint density at radius 3 is 2.74 bits per heavy atom. The van der Waals surface area contributed by atoms with E-state index in [1.165, 1.54) is 25.1 Å². The van der Waals surface area contributed by atoms with Gasteiger partial charge in [0.15, 0.2) is 0 Å². The second-order valence-electron chi connectivity index (χ2n) is 5.92.